The van der Waals surface area contributed by atoms with Crippen LogP contribution in [0.1, 0.15) is 98.8 Å². The lowest BCUT2D eigenvalue weighted by Gasteiger charge is -2.51. The molecular weight excluding hydrogens is 350 g/mol. The molecule has 1 aliphatic heterocycles. The second-order valence-electron chi connectivity index (χ2n) is 11.8. The molecule has 1 saturated heterocycles. The molecule has 0 aromatic heterocycles. The third-order valence-electron chi connectivity index (χ3n) is 5.90. The van der Waals surface area contributed by atoms with Crippen LogP contribution in [0, 0.1) is 0 Å². The Hall–Kier alpha value is -1.10. The Bertz CT molecular complexity index is 690. The molecule has 1 fully saturated rings. The zero-order chi connectivity index (χ0) is 21.7. The predicted octanol–water partition coefficient (Wildman–Crippen LogP) is 5.91. The molecule has 2 rings (SSSR count). The van der Waals surface area contributed by atoms with E-state index in [1.807, 2.05) is 6.07 Å². The second kappa shape index (κ2) is 7.30. The summed E-state index contributed by atoms with van der Waals surface area (Å²) in [7, 11) is 0. The van der Waals surface area contributed by atoms with Gasteiger partial charge in [0, 0.05) is 16.6 Å². The number of phenolic OH excluding ortho intramolecular Hbond substituents is 1. The van der Waals surface area contributed by atoms with Crippen molar-refractivity contribution in [1.82, 2.24) is 5.06 Å². The van der Waals surface area contributed by atoms with Gasteiger partial charge in [-0.1, -0.05) is 53.7 Å². The summed E-state index contributed by atoms with van der Waals surface area (Å²) in [5.41, 5.74) is 2.01. The fraction of sp³-hybridized carbons (Fsp3) is 0.750. The molecule has 0 spiro atoms. The van der Waals surface area contributed by atoms with Crippen LogP contribution in [0.2, 0.25) is 0 Å². The van der Waals surface area contributed by atoms with Gasteiger partial charge in [0.25, 0.3) is 0 Å². The topological polar surface area (TPSA) is 52.9 Å². The SMILES string of the molecule is CC(C)(C)c1ccc(COC2CC(C)(C)N(O)C(C)(C)C2)c(C(C)(C)C)c1O. The average Bonchev–Trinajstić information content (AvgIpc) is 2.47. The van der Waals surface area contributed by atoms with Crippen LogP contribution in [-0.4, -0.2) is 32.6 Å². The lowest BCUT2D eigenvalue weighted by atomic mass is 9.77. The largest absolute Gasteiger partial charge is 0.507 e. The van der Waals surface area contributed by atoms with Crippen LogP contribution in [-0.2, 0) is 22.2 Å². The van der Waals surface area contributed by atoms with Crippen LogP contribution in [0.3, 0.4) is 0 Å². The maximum absolute atomic E-state index is 11.1. The number of rotatable bonds is 3. The number of hydrogen-bond donors (Lipinski definition) is 2. The summed E-state index contributed by atoms with van der Waals surface area (Å²) in [4.78, 5) is 0. The van der Waals surface area contributed by atoms with Gasteiger partial charge in [-0.15, -0.1) is 0 Å². The van der Waals surface area contributed by atoms with Crippen molar-refractivity contribution >= 4 is 0 Å². The maximum atomic E-state index is 11.1. The first kappa shape index (κ1) is 23.2. The minimum atomic E-state index is -0.336. The first-order valence-corrected chi connectivity index (χ1v) is 10.4. The number of nitrogens with zero attached hydrogens (tertiary/aromatic N) is 1. The quantitative estimate of drug-likeness (QED) is 0.672. The van der Waals surface area contributed by atoms with Gasteiger partial charge in [0.1, 0.15) is 5.75 Å². The fourth-order valence-corrected chi connectivity index (χ4v) is 4.70. The summed E-state index contributed by atoms with van der Waals surface area (Å²) >= 11 is 0. The van der Waals surface area contributed by atoms with Crippen molar-refractivity contribution in [1.29, 1.82) is 0 Å². The van der Waals surface area contributed by atoms with E-state index in [0.29, 0.717) is 12.4 Å². The van der Waals surface area contributed by atoms with Crippen LogP contribution >= 0.6 is 0 Å². The highest BCUT2D eigenvalue weighted by atomic mass is 16.5. The van der Waals surface area contributed by atoms with Gasteiger partial charge in [-0.25, -0.2) is 0 Å². The zero-order valence-electron chi connectivity index (χ0n) is 19.6. The van der Waals surface area contributed by atoms with Crippen molar-refractivity contribution < 1.29 is 15.1 Å². The van der Waals surface area contributed by atoms with E-state index in [9.17, 15) is 10.3 Å². The second-order valence-corrected chi connectivity index (χ2v) is 11.8. The van der Waals surface area contributed by atoms with Crippen LogP contribution < -0.4 is 0 Å². The van der Waals surface area contributed by atoms with Gasteiger partial charge in [-0.3, -0.25) is 0 Å². The Labute approximate surface area is 171 Å². The molecule has 0 aliphatic carbocycles. The maximum Gasteiger partial charge on any atom is 0.123 e. The van der Waals surface area contributed by atoms with Crippen molar-refractivity contribution in [2.45, 2.75) is 117 Å². The van der Waals surface area contributed by atoms with E-state index in [0.717, 1.165) is 29.5 Å². The van der Waals surface area contributed by atoms with Crippen LogP contribution in [0.15, 0.2) is 12.1 Å². The highest BCUT2D eigenvalue weighted by molar-refractivity contribution is 5.51. The van der Waals surface area contributed by atoms with Gasteiger partial charge < -0.3 is 15.1 Å². The van der Waals surface area contributed by atoms with Gasteiger partial charge in [-0.05, 0) is 62.5 Å². The lowest BCUT2D eigenvalue weighted by molar-refractivity contribution is -0.262. The lowest BCUT2D eigenvalue weighted by Crippen LogP contribution is -2.60. The molecule has 1 aliphatic rings. The van der Waals surface area contributed by atoms with Gasteiger partial charge in [-0.2, -0.15) is 5.06 Å². The van der Waals surface area contributed by atoms with Crippen molar-refractivity contribution in [3.05, 3.63) is 28.8 Å². The molecule has 1 aromatic rings. The van der Waals surface area contributed by atoms with E-state index in [2.05, 4.69) is 75.3 Å². The Kier molecular flexibility index (Phi) is 6.04. The van der Waals surface area contributed by atoms with Gasteiger partial charge in [0.05, 0.1) is 12.7 Å². The highest BCUT2D eigenvalue weighted by Crippen LogP contribution is 2.42. The van der Waals surface area contributed by atoms with E-state index in [1.165, 1.54) is 5.06 Å². The molecule has 4 heteroatoms. The first-order chi connectivity index (χ1) is 12.5. The number of benzene rings is 1. The summed E-state index contributed by atoms with van der Waals surface area (Å²) in [6.45, 7) is 21.4. The standard InChI is InChI=1S/C24H41NO3/c1-21(2,3)18-12-11-16(19(20(18)26)22(4,5)6)15-28-17-13-23(7,8)25(27)24(9,10)14-17/h11-12,17,26-27H,13-15H2,1-10H3. The monoisotopic (exact) mass is 391 g/mol. The number of hydrogen-bond acceptors (Lipinski definition) is 4. The molecule has 160 valence electrons. The summed E-state index contributed by atoms with van der Waals surface area (Å²) in [6, 6.07) is 4.14. The molecule has 1 heterocycles. The highest BCUT2D eigenvalue weighted by Gasteiger charge is 2.45. The summed E-state index contributed by atoms with van der Waals surface area (Å²) in [6.07, 6.45) is 1.60. The molecule has 28 heavy (non-hydrogen) atoms. The van der Waals surface area contributed by atoms with Crippen LogP contribution in [0.5, 0.6) is 5.75 Å². The van der Waals surface area contributed by atoms with Gasteiger partial charge in [0.2, 0.25) is 0 Å². The van der Waals surface area contributed by atoms with Crippen molar-refractivity contribution in [2.75, 3.05) is 0 Å². The number of ether oxygens (including phenoxy) is 1. The summed E-state index contributed by atoms with van der Waals surface area (Å²) in [5, 5.41) is 23.1. The predicted molar refractivity (Wildman–Crippen MR) is 115 cm³/mol. The Morgan fingerprint density at radius 2 is 1.46 bits per heavy atom. The number of aromatic hydroxyl groups is 1. The van der Waals surface area contributed by atoms with E-state index >= 15 is 0 Å². The molecule has 0 bridgehead atoms. The Balaban J connectivity index is 2.31. The molecule has 0 unspecified atom stereocenters. The van der Waals surface area contributed by atoms with E-state index in [4.69, 9.17) is 4.74 Å². The summed E-state index contributed by atoms with van der Waals surface area (Å²) < 4.78 is 6.36. The smallest absolute Gasteiger partial charge is 0.123 e. The normalized spacial score (nSPS) is 21.1. The Morgan fingerprint density at radius 1 is 0.964 bits per heavy atom. The minimum Gasteiger partial charge on any atom is -0.507 e. The minimum absolute atomic E-state index is 0.0608. The fourth-order valence-electron chi connectivity index (χ4n) is 4.70. The average molecular weight is 392 g/mol. The molecule has 4 nitrogen and oxygen atoms in total. The number of phenols is 1. The van der Waals surface area contributed by atoms with Gasteiger partial charge in [0.15, 0.2) is 0 Å². The van der Waals surface area contributed by atoms with Crippen LogP contribution in [0.4, 0.5) is 0 Å². The third kappa shape index (κ3) is 4.72. The number of piperidine rings is 1. The molecule has 0 radical (unpaired) electrons. The molecule has 0 atom stereocenters. The molecular formula is C24H41NO3. The van der Waals surface area contributed by atoms with Crippen molar-refractivity contribution in [3.8, 4) is 5.75 Å². The third-order valence-corrected chi connectivity index (χ3v) is 5.90. The molecule has 0 amide bonds. The first-order valence-electron chi connectivity index (χ1n) is 10.4. The van der Waals surface area contributed by atoms with E-state index in [1.54, 1.807) is 0 Å². The van der Waals surface area contributed by atoms with Crippen molar-refractivity contribution in [2.24, 2.45) is 0 Å². The molecule has 1 aromatic carbocycles. The zero-order valence-corrected chi connectivity index (χ0v) is 19.6. The van der Waals surface area contributed by atoms with Crippen molar-refractivity contribution in [3.63, 3.8) is 0 Å². The van der Waals surface area contributed by atoms with E-state index in [-0.39, 0.29) is 28.0 Å². The Morgan fingerprint density at radius 3 is 1.89 bits per heavy atom. The number of hydroxylamine groups is 2. The molecule has 0 saturated carbocycles. The van der Waals surface area contributed by atoms with Crippen LogP contribution in [0.25, 0.3) is 0 Å². The summed E-state index contributed by atoms with van der Waals surface area (Å²) in [5.74, 6) is 0.395. The van der Waals surface area contributed by atoms with E-state index < -0.39 is 0 Å². The van der Waals surface area contributed by atoms with Gasteiger partial charge >= 0.3 is 0 Å². The molecule has 2 N–H and O–H groups in total.